The summed E-state index contributed by atoms with van der Waals surface area (Å²) in [5.41, 5.74) is 0. The van der Waals surface area contributed by atoms with Crippen molar-refractivity contribution in [1.82, 2.24) is 10.2 Å². The van der Waals surface area contributed by atoms with Crippen molar-refractivity contribution in [2.24, 2.45) is 4.99 Å². The lowest BCUT2D eigenvalue weighted by atomic mass is 10.2. The third-order valence-electron chi connectivity index (χ3n) is 3.33. The predicted octanol–water partition coefficient (Wildman–Crippen LogP) is 2.58. The van der Waals surface area contributed by atoms with Crippen molar-refractivity contribution in [3.05, 3.63) is 0 Å². The molecule has 0 aromatic carbocycles. The maximum absolute atomic E-state index is 4.65. The quantitative estimate of drug-likeness (QED) is 0.741. The molecule has 3 nitrogen and oxygen atoms in total. The summed E-state index contributed by atoms with van der Waals surface area (Å²) in [5, 5.41) is 4.68. The van der Waals surface area contributed by atoms with E-state index in [1.807, 2.05) is 11.8 Å². The maximum atomic E-state index is 4.65. The third-order valence-corrected chi connectivity index (χ3v) is 4.29. The predicted molar refractivity (Wildman–Crippen MR) is 79.0 cm³/mol. The van der Waals surface area contributed by atoms with Crippen LogP contribution in [0.15, 0.2) is 4.99 Å². The van der Waals surface area contributed by atoms with E-state index in [0.717, 1.165) is 24.7 Å². The second-order valence-corrected chi connectivity index (χ2v) is 6.09. The van der Waals surface area contributed by atoms with E-state index in [1.165, 1.54) is 18.6 Å². The molecule has 1 fully saturated rings. The van der Waals surface area contributed by atoms with Crippen LogP contribution in [0, 0.1) is 0 Å². The van der Waals surface area contributed by atoms with Gasteiger partial charge in [0.1, 0.15) is 0 Å². The summed E-state index contributed by atoms with van der Waals surface area (Å²) in [6.45, 7) is 8.79. The Kier molecular flexibility index (Phi) is 6.97. The maximum Gasteiger partial charge on any atom is 0.156 e. The highest BCUT2D eigenvalue weighted by molar-refractivity contribution is 8.13. The number of nitrogens with zero attached hydrogens (tertiary/aromatic N) is 2. The number of hydrogen-bond acceptors (Lipinski definition) is 3. The number of aliphatic imine (C=N–C) groups is 1. The zero-order valence-corrected chi connectivity index (χ0v) is 12.5. The molecule has 1 atom stereocenters. The summed E-state index contributed by atoms with van der Waals surface area (Å²) < 4.78 is 0. The van der Waals surface area contributed by atoms with Crippen LogP contribution in [0.3, 0.4) is 0 Å². The molecule has 1 rings (SSSR count). The molecule has 0 aromatic heterocycles. The van der Waals surface area contributed by atoms with Crippen LogP contribution in [0.1, 0.15) is 40.0 Å². The molecular weight excluding hydrogens is 230 g/mol. The Morgan fingerprint density at radius 1 is 1.53 bits per heavy atom. The van der Waals surface area contributed by atoms with Gasteiger partial charge in [-0.15, -0.1) is 0 Å². The van der Waals surface area contributed by atoms with Crippen LogP contribution < -0.4 is 5.32 Å². The van der Waals surface area contributed by atoms with E-state index in [0.29, 0.717) is 12.1 Å². The molecule has 0 bridgehead atoms. The molecule has 1 aliphatic heterocycles. The molecule has 0 amide bonds. The second kappa shape index (κ2) is 7.98. The third kappa shape index (κ3) is 5.77. The van der Waals surface area contributed by atoms with Gasteiger partial charge in [-0.1, -0.05) is 18.7 Å². The van der Waals surface area contributed by atoms with Gasteiger partial charge in [0.25, 0.3) is 0 Å². The number of rotatable bonds is 6. The lowest BCUT2D eigenvalue weighted by molar-refractivity contribution is 0.272. The normalized spacial score (nSPS) is 23.4. The molecule has 1 N–H and O–H groups in total. The smallest absolute Gasteiger partial charge is 0.156 e. The minimum Gasteiger partial charge on any atom is -0.362 e. The van der Waals surface area contributed by atoms with Crippen molar-refractivity contribution in [2.45, 2.75) is 52.1 Å². The lowest BCUT2D eigenvalue weighted by Gasteiger charge is -2.24. The van der Waals surface area contributed by atoms with Crippen molar-refractivity contribution >= 4 is 16.9 Å². The fourth-order valence-corrected chi connectivity index (χ4v) is 2.77. The van der Waals surface area contributed by atoms with Gasteiger partial charge < -0.3 is 10.2 Å². The summed E-state index contributed by atoms with van der Waals surface area (Å²) in [6.07, 6.45) is 3.63. The van der Waals surface area contributed by atoms with Gasteiger partial charge in [0.2, 0.25) is 0 Å². The molecule has 0 radical (unpaired) electrons. The molecular formula is C13H27N3S. The topological polar surface area (TPSA) is 27.6 Å². The van der Waals surface area contributed by atoms with Gasteiger partial charge in [0.05, 0.1) is 0 Å². The molecule has 1 heterocycles. The second-order valence-electron chi connectivity index (χ2n) is 5.00. The highest BCUT2D eigenvalue weighted by atomic mass is 32.2. The molecule has 100 valence electrons. The van der Waals surface area contributed by atoms with Gasteiger partial charge in [-0.2, -0.15) is 0 Å². The Morgan fingerprint density at radius 3 is 2.94 bits per heavy atom. The monoisotopic (exact) mass is 257 g/mol. The van der Waals surface area contributed by atoms with E-state index in [4.69, 9.17) is 0 Å². The molecule has 4 heteroatoms. The minimum absolute atomic E-state index is 0.634. The van der Waals surface area contributed by atoms with Crippen molar-refractivity contribution in [3.8, 4) is 0 Å². The van der Waals surface area contributed by atoms with Crippen molar-refractivity contribution in [2.75, 3.05) is 25.9 Å². The van der Waals surface area contributed by atoms with E-state index in [2.05, 4.69) is 43.0 Å². The average molecular weight is 257 g/mol. The lowest BCUT2D eigenvalue weighted by Crippen LogP contribution is -2.37. The largest absolute Gasteiger partial charge is 0.362 e. The number of thioether (sulfide) groups is 1. The van der Waals surface area contributed by atoms with Crippen molar-refractivity contribution in [3.63, 3.8) is 0 Å². The Balaban J connectivity index is 2.19. The molecule has 0 saturated carbocycles. The van der Waals surface area contributed by atoms with E-state index in [-0.39, 0.29) is 0 Å². The summed E-state index contributed by atoms with van der Waals surface area (Å²) in [4.78, 5) is 7.03. The fourth-order valence-electron chi connectivity index (χ4n) is 1.74. The zero-order valence-electron chi connectivity index (χ0n) is 11.7. The van der Waals surface area contributed by atoms with Crippen LogP contribution in [0.25, 0.3) is 0 Å². The van der Waals surface area contributed by atoms with Gasteiger partial charge in [0, 0.05) is 24.4 Å². The van der Waals surface area contributed by atoms with Crippen LogP contribution in [-0.2, 0) is 0 Å². The first kappa shape index (κ1) is 14.8. The average Bonchev–Trinajstić information content (AvgIpc) is 2.34. The molecule has 1 saturated heterocycles. The van der Waals surface area contributed by atoms with Crippen LogP contribution in [0.2, 0.25) is 0 Å². The van der Waals surface area contributed by atoms with Crippen LogP contribution in [0.4, 0.5) is 0 Å². The van der Waals surface area contributed by atoms with Crippen molar-refractivity contribution < 1.29 is 0 Å². The van der Waals surface area contributed by atoms with Crippen LogP contribution >= 0.6 is 11.8 Å². The highest BCUT2D eigenvalue weighted by Crippen LogP contribution is 2.15. The Morgan fingerprint density at radius 2 is 2.29 bits per heavy atom. The van der Waals surface area contributed by atoms with Gasteiger partial charge in [-0.25, -0.2) is 0 Å². The van der Waals surface area contributed by atoms with Gasteiger partial charge in [0.15, 0.2) is 5.17 Å². The molecule has 1 aliphatic rings. The van der Waals surface area contributed by atoms with Crippen molar-refractivity contribution in [1.29, 1.82) is 0 Å². The van der Waals surface area contributed by atoms with Crippen LogP contribution in [0.5, 0.6) is 0 Å². The zero-order chi connectivity index (χ0) is 12.7. The first-order valence-corrected chi connectivity index (χ1v) is 7.76. The standard InChI is InChI=1S/C13H27N3S/c1-5-12-7-10-17-13(15-12)14-8-6-9-16(4)11(2)3/h11-12H,5-10H2,1-4H3,(H,14,15). The summed E-state index contributed by atoms with van der Waals surface area (Å²) in [6, 6.07) is 1.28. The number of hydrogen-bond donors (Lipinski definition) is 1. The Labute approximate surface area is 110 Å². The van der Waals surface area contributed by atoms with E-state index in [9.17, 15) is 0 Å². The molecule has 0 aromatic rings. The Bertz CT molecular complexity index is 241. The molecule has 0 aliphatic carbocycles. The molecule has 0 spiro atoms. The van der Waals surface area contributed by atoms with E-state index >= 15 is 0 Å². The highest BCUT2D eigenvalue weighted by Gasteiger charge is 2.14. The first-order chi connectivity index (χ1) is 8.13. The first-order valence-electron chi connectivity index (χ1n) is 6.77. The molecule has 17 heavy (non-hydrogen) atoms. The summed E-state index contributed by atoms with van der Waals surface area (Å²) in [5.74, 6) is 1.22. The molecule has 1 unspecified atom stereocenters. The van der Waals surface area contributed by atoms with Gasteiger partial charge in [-0.05, 0) is 46.7 Å². The summed E-state index contributed by atoms with van der Waals surface area (Å²) >= 11 is 1.87. The van der Waals surface area contributed by atoms with Gasteiger partial charge in [-0.3, -0.25) is 4.99 Å². The van der Waals surface area contributed by atoms with E-state index in [1.54, 1.807) is 0 Å². The fraction of sp³-hybridized carbons (Fsp3) is 0.923. The SMILES string of the molecule is CCC1CCSC(=NCCCN(C)C(C)C)N1. The minimum atomic E-state index is 0.634. The van der Waals surface area contributed by atoms with Gasteiger partial charge >= 0.3 is 0 Å². The number of nitrogens with one attached hydrogen (secondary N) is 1. The van der Waals surface area contributed by atoms with Crippen LogP contribution in [-0.4, -0.2) is 48.0 Å². The number of amidine groups is 1. The Hall–Kier alpha value is -0.220. The summed E-state index contributed by atoms with van der Waals surface area (Å²) in [7, 11) is 2.18. The van der Waals surface area contributed by atoms with E-state index < -0.39 is 0 Å².